The lowest BCUT2D eigenvalue weighted by Crippen LogP contribution is -2.51. The molecule has 0 unspecified atom stereocenters. The quantitative estimate of drug-likeness (QED) is 0.534. The first-order valence-corrected chi connectivity index (χ1v) is 12.2. The molecule has 0 bridgehead atoms. The van der Waals surface area contributed by atoms with E-state index < -0.39 is 6.04 Å². The standard InChI is InChI=1S/C26H33BrN2O3/c1-18-8-7-9-21(14-18)16-29(20(3)26(31)28-22-10-5-4-6-11-22)25(30)17-32-23-12-13-24(27)19(2)15-23/h7-9,12-15,20,22H,4-6,10-11,16-17H2,1-3H3,(H,28,31)/t20-/m1/s1. The summed E-state index contributed by atoms with van der Waals surface area (Å²) < 4.78 is 6.77. The highest BCUT2D eigenvalue weighted by Crippen LogP contribution is 2.22. The normalized spacial score (nSPS) is 15.1. The van der Waals surface area contributed by atoms with Crippen molar-refractivity contribution in [3.05, 3.63) is 63.6 Å². The Morgan fingerprint density at radius 1 is 1.12 bits per heavy atom. The van der Waals surface area contributed by atoms with Crippen LogP contribution in [0, 0.1) is 13.8 Å². The number of carbonyl (C=O) groups excluding carboxylic acids is 2. The second kappa shape index (κ2) is 11.5. The average molecular weight is 501 g/mol. The molecule has 5 nitrogen and oxygen atoms in total. The molecule has 0 saturated heterocycles. The number of ether oxygens (including phenoxy) is 1. The number of nitrogens with zero attached hydrogens (tertiary/aromatic N) is 1. The zero-order valence-electron chi connectivity index (χ0n) is 19.2. The first-order chi connectivity index (χ1) is 15.3. The minimum atomic E-state index is -0.583. The van der Waals surface area contributed by atoms with Gasteiger partial charge in [-0.3, -0.25) is 9.59 Å². The summed E-state index contributed by atoms with van der Waals surface area (Å²) in [7, 11) is 0. The van der Waals surface area contributed by atoms with Gasteiger partial charge in [0.1, 0.15) is 11.8 Å². The Balaban J connectivity index is 1.71. The zero-order chi connectivity index (χ0) is 23.1. The van der Waals surface area contributed by atoms with Crippen LogP contribution in [0.2, 0.25) is 0 Å². The van der Waals surface area contributed by atoms with Crippen molar-refractivity contribution < 1.29 is 14.3 Å². The van der Waals surface area contributed by atoms with Gasteiger partial charge in [0, 0.05) is 17.1 Å². The molecule has 0 heterocycles. The maximum Gasteiger partial charge on any atom is 0.261 e. The number of nitrogens with one attached hydrogen (secondary N) is 1. The smallest absolute Gasteiger partial charge is 0.261 e. The van der Waals surface area contributed by atoms with Crippen LogP contribution < -0.4 is 10.1 Å². The van der Waals surface area contributed by atoms with E-state index in [1.165, 1.54) is 6.42 Å². The summed E-state index contributed by atoms with van der Waals surface area (Å²) in [6.45, 7) is 6.04. The van der Waals surface area contributed by atoms with E-state index in [9.17, 15) is 9.59 Å². The third-order valence-corrected chi connectivity index (χ3v) is 6.94. The van der Waals surface area contributed by atoms with Crippen molar-refractivity contribution in [2.75, 3.05) is 6.61 Å². The molecule has 3 rings (SSSR count). The Kier molecular flexibility index (Phi) is 8.74. The lowest BCUT2D eigenvalue weighted by molar-refractivity contribution is -0.142. The molecule has 0 spiro atoms. The van der Waals surface area contributed by atoms with Crippen LogP contribution in [-0.4, -0.2) is 35.4 Å². The molecule has 1 atom stereocenters. The molecule has 1 aliphatic carbocycles. The maximum absolute atomic E-state index is 13.2. The van der Waals surface area contributed by atoms with Gasteiger partial charge in [-0.1, -0.05) is 65.0 Å². The van der Waals surface area contributed by atoms with Crippen LogP contribution in [-0.2, 0) is 16.1 Å². The van der Waals surface area contributed by atoms with Crippen molar-refractivity contribution >= 4 is 27.7 Å². The Bertz CT molecular complexity index is 940. The molecule has 0 radical (unpaired) electrons. The van der Waals surface area contributed by atoms with Gasteiger partial charge < -0.3 is 15.0 Å². The SMILES string of the molecule is Cc1cccc(CN(C(=O)COc2ccc(Br)c(C)c2)[C@H](C)C(=O)NC2CCCCC2)c1. The van der Waals surface area contributed by atoms with Crippen LogP contribution in [0.4, 0.5) is 0 Å². The summed E-state index contributed by atoms with van der Waals surface area (Å²) in [6, 6.07) is 13.3. The largest absolute Gasteiger partial charge is 0.484 e. The van der Waals surface area contributed by atoms with Crippen molar-refractivity contribution in [1.29, 1.82) is 0 Å². The number of halogens is 1. The molecule has 172 valence electrons. The van der Waals surface area contributed by atoms with Crippen LogP contribution in [0.25, 0.3) is 0 Å². The molecule has 32 heavy (non-hydrogen) atoms. The molecule has 1 fully saturated rings. The van der Waals surface area contributed by atoms with Crippen LogP contribution in [0.5, 0.6) is 5.75 Å². The second-order valence-corrected chi connectivity index (χ2v) is 9.58. The van der Waals surface area contributed by atoms with Crippen LogP contribution in [0.15, 0.2) is 46.9 Å². The van der Waals surface area contributed by atoms with Gasteiger partial charge in [-0.05, 0) is 62.9 Å². The number of hydrogen-bond donors (Lipinski definition) is 1. The molecular formula is C26H33BrN2O3. The van der Waals surface area contributed by atoms with Crippen molar-refractivity contribution in [1.82, 2.24) is 10.2 Å². The third kappa shape index (κ3) is 6.83. The molecule has 0 aliphatic heterocycles. The number of hydrogen-bond acceptors (Lipinski definition) is 3. The van der Waals surface area contributed by atoms with Crippen LogP contribution >= 0.6 is 15.9 Å². The minimum Gasteiger partial charge on any atom is -0.484 e. The summed E-state index contributed by atoms with van der Waals surface area (Å²) in [5.41, 5.74) is 3.15. The van der Waals surface area contributed by atoms with Crippen molar-refractivity contribution in [2.45, 2.75) is 71.5 Å². The first-order valence-electron chi connectivity index (χ1n) is 11.4. The Morgan fingerprint density at radius 3 is 2.56 bits per heavy atom. The van der Waals surface area contributed by atoms with Gasteiger partial charge in [0.2, 0.25) is 5.91 Å². The number of amides is 2. The predicted octanol–water partition coefficient (Wildman–Crippen LogP) is 5.31. The maximum atomic E-state index is 13.2. The molecule has 1 saturated carbocycles. The summed E-state index contributed by atoms with van der Waals surface area (Å²) in [5.74, 6) is 0.324. The van der Waals surface area contributed by atoms with E-state index in [0.717, 1.165) is 46.8 Å². The van der Waals surface area contributed by atoms with Gasteiger partial charge in [0.05, 0.1) is 0 Å². The summed E-state index contributed by atoms with van der Waals surface area (Å²) in [6.07, 6.45) is 5.54. The van der Waals surface area contributed by atoms with Crippen LogP contribution in [0.1, 0.15) is 55.7 Å². The third-order valence-electron chi connectivity index (χ3n) is 6.05. The zero-order valence-corrected chi connectivity index (χ0v) is 20.8. The van der Waals surface area contributed by atoms with Crippen molar-refractivity contribution in [3.8, 4) is 5.75 Å². The van der Waals surface area contributed by atoms with Gasteiger partial charge in [-0.2, -0.15) is 0 Å². The highest BCUT2D eigenvalue weighted by molar-refractivity contribution is 9.10. The first kappa shape index (κ1) is 24.3. The van der Waals surface area contributed by atoms with Crippen molar-refractivity contribution in [2.24, 2.45) is 0 Å². The van der Waals surface area contributed by atoms with E-state index in [2.05, 4.69) is 21.2 Å². The molecule has 2 aromatic rings. The van der Waals surface area contributed by atoms with Gasteiger partial charge in [0.15, 0.2) is 6.61 Å². The molecule has 0 aromatic heterocycles. The van der Waals surface area contributed by atoms with E-state index >= 15 is 0 Å². The molecule has 1 N–H and O–H groups in total. The summed E-state index contributed by atoms with van der Waals surface area (Å²) >= 11 is 3.48. The summed E-state index contributed by atoms with van der Waals surface area (Å²) in [4.78, 5) is 27.9. The highest BCUT2D eigenvalue weighted by atomic mass is 79.9. The lowest BCUT2D eigenvalue weighted by atomic mass is 9.95. The van der Waals surface area contributed by atoms with Gasteiger partial charge in [0.25, 0.3) is 5.91 Å². The van der Waals surface area contributed by atoms with Gasteiger partial charge >= 0.3 is 0 Å². The fourth-order valence-corrected chi connectivity index (χ4v) is 4.34. The number of aryl methyl sites for hydroxylation is 2. The van der Waals surface area contributed by atoms with E-state index in [-0.39, 0.29) is 24.5 Å². The molecule has 6 heteroatoms. The van der Waals surface area contributed by atoms with E-state index in [1.807, 2.05) is 56.3 Å². The molecule has 2 aromatic carbocycles. The van der Waals surface area contributed by atoms with E-state index in [1.54, 1.807) is 11.8 Å². The highest BCUT2D eigenvalue weighted by Gasteiger charge is 2.28. The fourth-order valence-electron chi connectivity index (χ4n) is 4.09. The van der Waals surface area contributed by atoms with E-state index in [0.29, 0.717) is 12.3 Å². The Labute approximate surface area is 199 Å². The monoisotopic (exact) mass is 500 g/mol. The minimum absolute atomic E-state index is 0.0996. The number of benzene rings is 2. The predicted molar refractivity (Wildman–Crippen MR) is 131 cm³/mol. The topological polar surface area (TPSA) is 58.6 Å². The number of rotatable bonds is 8. The van der Waals surface area contributed by atoms with Crippen LogP contribution in [0.3, 0.4) is 0 Å². The molecule has 1 aliphatic rings. The molecular weight excluding hydrogens is 468 g/mol. The second-order valence-electron chi connectivity index (χ2n) is 8.73. The fraction of sp³-hybridized carbons (Fsp3) is 0.462. The van der Waals surface area contributed by atoms with Gasteiger partial charge in [-0.15, -0.1) is 0 Å². The van der Waals surface area contributed by atoms with E-state index in [4.69, 9.17) is 4.74 Å². The van der Waals surface area contributed by atoms with Gasteiger partial charge in [-0.25, -0.2) is 0 Å². The molecule has 2 amide bonds. The lowest BCUT2D eigenvalue weighted by Gasteiger charge is -2.31. The number of carbonyl (C=O) groups is 2. The van der Waals surface area contributed by atoms with Crippen molar-refractivity contribution in [3.63, 3.8) is 0 Å². The average Bonchev–Trinajstić information content (AvgIpc) is 2.78. The Morgan fingerprint density at radius 2 is 1.88 bits per heavy atom. The Hall–Kier alpha value is -2.34. The summed E-state index contributed by atoms with van der Waals surface area (Å²) in [5, 5.41) is 3.16.